The van der Waals surface area contributed by atoms with Gasteiger partial charge in [0.15, 0.2) is 11.6 Å². The van der Waals surface area contributed by atoms with E-state index < -0.39 is 0 Å². The van der Waals surface area contributed by atoms with Crippen LogP contribution in [0.5, 0.6) is 0 Å². The maximum Gasteiger partial charge on any atom is 0.162 e. The topological polar surface area (TPSA) is 78.5 Å². The Morgan fingerprint density at radius 1 is 1.04 bits per heavy atom. The van der Waals surface area contributed by atoms with E-state index in [1.165, 1.54) is 5.56 Å². The van der Waals surface area contributed by atoms with Gasteiger partial charge in [-0.1, -0.05) is 46.9 Å². The Labute approximate surface area is 177 Å². The third-order valence-electron chi connectivity index (χ3n) is 4.40. The van der Waals surface area contributed by atoms with E-state index >= 15 is 0 Å². The minimum absolute atomic E-state index is 0.691. The summed E-state index contributed by atoms with van der Waals surface area (Å²) in [6, 6.07) is 16.5. The molecule has 142 valence electrons. The summed E-state index contributed by atoms with van der Waals surface area (Å²) in [5, 5.41) is 14.9. The summed E-state index contributed by atoms with van der Waals surface area (Å²) in [5.41, 5.74) is 5.19. The second-order valence-corrected chi connectivity index (χ2v) is 7.31. The lowest BCUT2D eigenvalue weighted by Gasteiger charge is -2.11. The highest BCUT2D eigenvalue weighted by molar-refractivity contribution is 14.1. The molecule has 2 heterocycles. The Hall–Kier alpha value is -2.68. The van der Waals surface area contributed by atoms with E-state index in [0.29, 0.717) is 5.82 Å². The van der Waals surface area contributed by atoms with Gasteiger partial charge in [0, 0.05) is 39.4 Å². The molecule has 28 heavy (non-hydrogen) atoms. The fourth-order valence-electron chi connectivity index (χ4n) is 3.01. The molecule has 7 heteroatoms. The van der Waals surface area contributed by atoms with Gasteiger partial charge in [-0.3, -0.25) is 5.10 Å². The SMILES string of the molecule is CCNc1ccc2c(Nc3cc(C)[nH]n3)nc(-c3ccc(CI)cc3)nc2c1. The Kier molecular flexibility index (Phi) is 5.43. The molecule has 0 saturated carbocycles. The van der Waals surface area contributed by atoms with E-state index in [0.717, 1.165) is 50.5 Å². The zero-order chi connectivity index (χ0) is 19.5. The molecule has 2 aromatic carbocycles. The first kappa shape index (κ1) is 18.7. The predicted molar refractivity (Wildman–Crippen MR) is 123 cm³/mol. The number of aromatic amines is 1. The number of nitrogens with zero attached hydrogens (tertiary/aromatic N) is 3. The van der Waals surface area contributed by atoms with Crippen molar-refractivity contribution in [1.82, 2.24) is 20.2 Å². The molecule has 4 rings (SSSR count). The molecule has 0 saturated heterocycles. The summed E-state index contributed by atoms with van der Waals surface area (Å²) in [6.07, 6.45) is 0. The fourth-order valence-corrected chi connectivity index (χ4v) is 3.52. The molecule has 0 atom stereocenters. The number of anilines is 3. The van der Waals surface area contributed by atoms with Gasteiger partial charge in [-0.25, -0.2) is 9.97 Å². The van der Waals surface area contributed by atoms with Crippen molar-refractivity contribution < 1.29 is 0 Å². The first-order valence-corrected chi connectivity index (χ1v) is 10.7. The third kappa shape index (κ3) is 3.94. The smallest absolute Gasteiger partial charge is 0.162 e. The number of alkyl halides is 1. The lowest BCUT2D eigenvalue weighted by molar-refractivity contribution is 1.05. The minimum atomic E-state index is 0.691. The van der Waals surface area contributed by atoms with Crippen molar-refractivity contribution in [2.24, 2.45) is 0 Å². The molecule has 0 spiro atoms. The largest absolute Gasteiger partial charge is 0.385 e. The fraction of sp³-hybridized carbons (Fsp3) is 0.190. The Morgan fingerprint density at radius 3 is 2.54 bits per heavy atom. The summed E-state index contributed by atoms with van der Waals surface area (Å²) in [5.74, 6) is 2.17. The van der Waals surface area contributed by atoms with Crippen molar-refractivity contribution in [2.75, 3.05) is 17.2 Å². The summed E-state index contributed by atoms with van der Waals surface area (Å²) >= 11 is 2.36. The van der Waals surface area contributed by atoms with Gasteiger partial charge in [-0.2, -0.15) is 5.10 Å². The maximum atomic E-state index is 4.83. The zero-order valence-electron chi connectivity index (χ0n) is 15.8. The molecule has 0 amide bonds. The van der Waals surface area contributed by atoms with Crippen LogP contribution >= 0.6 is 22.6 Å². The molecule has 3 N–H and O–H groups in total. The number of halogens is 1. The summed E-state index contributed by atoms with van der Waals surface area (Å²) in [4.78, 5) is 9.64. The van der Waals surface area contributed by atoms with Crippen molar-refractivity contribution in [1.29, 1.82) is 0 Å². The van der Waals surface area contributed by atoms with Crippen molar-refractivity contribution in [3.8, 4) is 11.4 Å². The zero-order valence-corrected chi connectivity index (χ0v) is 17.9. The first-order chi connectivity index (χ1) is 13.7. The van der Waals surface area contributed by atoms with Gasteiger partial charge in [-0.15, -0.1) is 0 Å². The van der Waals surface area contributed by atoms with Crippen LogP contribution in [0.2, 0.25) is 0 Å². The van der Waals surface area contributed by atoms with E-state index in [2.05, 4.69) is 80.7 Å². The van der Waals surface area contributed by atoms with Gasteiger partial charge in [0.25, 0.3) is 0 Å². The van der Waals surface area contributed by atoms with E-state index in [-0.39, 0.29) is 0 Å². The molecule has 0 aliphatic heterocycles. The molecule has 0 fully saturated rings. The highest BCUT2D eigenvalue weighted by atomic mass is 127. The van der Waals surface area contributed by atoms with Crippen molar-refractivity contribution in [3.05, 3.63) is 59.8 Å². The number of hydrogen-bond acceptors (Lipinski definition) is 5. The number of nitrogens with one attached hydrogen (secondary N) is 3. The molecule has 0 radical (unpaired) electrons. The number of benzene rings is 2. The molecular formula is C21H21IN6. The molecular weight excluding hydrogens is 463 g/mol. The van der Waals surface area contributed by atoms with Gasteiger partial charge in [-0.05, 0) is 37.6 Å². The Balaban J connectivity index is 1.83. The van der Waals surface area contributed by atoms with E-state index in [9.17, 15) is 0 Å². The van der Waals surface area contributed by atoms with Crippen LogP contribution in [0.3, 0.4) is 0 Å². The van der Waals surface area contributed by atoms with Crippen LogP contribution in [0.15, 0.2) is 48.5 Å². The number of rotatable bonds is 6. The van der Waals surface area contributed by atoms with E-state index in [1.54, 1.807) is 0 Å². The average molecular weight is 484 g/mol. The van der Waals surface area contributed by atoms with Gasteiger partial charge >= 0.3 is 0 Å². The molecule has 0 aliphatic rings. The number of H-pyrrole nitrogens is 1. The molecule has 4 aromatic rings. The number of aryl methyl sites for hydroxylation is 1. The molecule has 0 bridgehead atoms. The van der Waals surface area contributed by atoms with Crippen LogP contribution in [0.25, 0.3) is 22.3 Å². The van der Waals surface area contributed by atoms with Crippen molar-refractivity contribution in [2.45, 2.75) is 18.3 Å². The minimum Gasteiger partial charge on any atom is -0.385 e. The summed E-state index contributed by atoms with van der Waals surface area (Å²) < 4.78 is 0.980. The van der Waals surface area contributed by atoms with Crippen LogP contribution in [-0.4, -0.2) is 26.7 Å². The van der Waals surface area contributed by atoms with Crippen molar-refractivity contribution >= 4 is 50.8 Å². The summed E-state index contributed by atoms with van der Waals surface area (Å²) in [6.45, 7) is 4.91. The average Bonchev–Trinajstić information content (AvgIpc) is 3.12. The van der Waals surface area contributed by atoms with Gasteiger partial charge in [0.1, 0.15) is 5.82 Å². The summed E-state index contributed by atoms with van der Waals surface area (Å²) in [7, 11) is 0. The van der Waals surface area contributed by atoms with Gasteiger partial charge in [0.05, 0.1) is 5.52 Å². The highest BCUT2D eigenvalue weighted by Gasteiger charge is 2.12. The van der Waals surface area contributed by atoms with Crippen molar-refractivity contribution in [3.63, 3.8) is 0 Å². The Morgan fingerprint density at radius 2 is 1.86 bits per heavy atom. The van der Waals surface area contributed by atoms with Crippen LogP contribution in [0.1, 0.15) is 18.2 Å². The molecule has 0 aliphatic carbocycles. The van der Waals surface area contributed by atoms with Crippen LogP contribution < -0.4 is 10.6 Å². The number of aromatic nitrogens is 4. The monoisotopic (exact) mass is 484 g/mol. The molecule has 2 aromatic heterocycles. The number of fused-ring (bicyclic) bond motifs is 1. The standard InChI is InChI=1S/C21H21IN6/c1-3-23-16-8-9-17-18(11-16)24-20(15-6-4-14(12-22)5-7-15)26-21(17)25-19-10-13(2)27-28-19/h4-11,23H,3,12H2,1-2H3,(H2,24,25,26,27,28). The van der Waals surface area contributed by atoms with Crippen LogP contribution in [0.4, 0.5) is 17.3 Å². The normalized spacial score (nSPS) is 11.0. The van der Waals surface area contributed by atoms with Crippen LogP contribution in [0, 0.1) is 6.92 Å². The third-order valence-corrected chi connectivity index (χ3v) is 5.28. The lowest BCUT2D eigenvalue weighted by Crippen LogP contribution is -2.01. The molecule has 6 nitrogen and oxygen atoms in total. The van der Waals surface area contributed by atoms with Crippen LogP contribution in [-0.2, 0) is 4.43 Å². The highest BCUT2D eigenvalue weighted by Crippen LogP contribution is 2.29. The Bertz CT molecular complexity index is 1100. The second-order valence-electron chi connectivity index (χ2n) is 6.55. The van der Waals surface area contributed by atoms with E-state index in [4.69, 9.17) is 9.97 Å². The van der Waals surface area contributed by atoms with Gasteiger partial charge in [0.2, 0.25) is 0 Å². The quantitative estimate of drug-likeness (QED) is 0.251. The lowest BCUT2D eigenvalue weighted by atomic mass is 10.1. The number of hydrogen-bond donors (Lipinski definition) is 3. The predicted octanol–water partition coefficient (Wildman–Crippen LogP) is 5.44. The first-order valence-electron chi connectivity index (χ1n) is 9.16. The van der Waals surface area contributed by atoms with Gasteiger partial charge < -0.3 is 10.6 Å². The maximum absolute atomic E-state index is 4.83. The van der Waals surface area contributed by atoms with E-state index in [1.807, 2.05) is 25.1 Å². The molecule has 0 unspecified atom stereocenters. The second kappa shape index (κ2) is 8.14.